The monoisotopic (exact) mass is 397 g/mol. The van der Waals surface area contributed by atoms with Crippen LogP contribution in [0.4, 0.5) is 0 Å². The van der Waals surface area contributed by atoms with Crippen LogP contribution >= 0.6 is 15.9 Å². The number of amides is 1. The second-order valence-corrected chi connectivity index (χ2v) is 7.09. The number of carbonyl (C=O) groups is 1. The normalized spacial score (nSPS) is 14.3. The Morgan fingerprint density at radius 3 is 2.88 bits per heavy atom. The lowest BCUT2D eigenvalue weighted by Gasteiger charge is -2.08. The Hall–Kier alpha value is -2.47. The predicted molar refractivity (Wildman–Crippen MR) is 99.9 cm³/mol. The maximum Gasteiger partial charge on any atom is 0.272 e. The number of rotatable bonds is 4. The molecule has 0 unspecified atom stereocenters. The van der Waals surface area contributed by atoms with E-state index in [-0.39, 0.29) is 5.91 Å². The molecular weight excluding hydrogens is 382 g/mol. The smallest absolute Gasteiger partial charge is 0.272 e. The SMILES string of the molecule is Cc1ccc(C=NNC(=O)c2cc(C3CC3)nc3ccc(Br)cc23)o1. The summed E-state index contributed by atoms with van der Waals surface area (Å²) >= 11 is 3.46. The van der Waals surface area contributed by atoms with Crippen molar-refractivity contribution in [2.45, 2.75) is 25.7 Å². The number of nitrogens with one attached hydrogen (secondary N) is 1. The molecule has 0 bridgehead atoms. The van der Waals surface area contributed by atoms with Crippen molar-refractivity contribution < 1.29 is 9.21 Å². The van der Waals surface area contributed by atoms with Gasteiger partial charge in [-0.15, -0.1) is 0 Å². The summed E-state index contributed by atoms with van der Waals surface area (Å²) in [6.07, 6.45) is 3.75. The van der Waals surface area contributed by atoms with Crippen LogP contribution in [-0.2, 0) is 0 Å². The fourth-order valence-corrected chi connectivity index (χ4v) is 3.09. The van der Waals surface area contributed by atoms with E-state index in [0.29, 0.717) is 17.2 Å². The predicted octanol–water partition coefficient (Wildman–Crippen LogP) is 4.54. The van der Waals surface area contributed by atoms with Gasteiger partial charge >= 0.3 is 0 Å². The van der Waals surface area contributed by atoms with E-state index in [1.807, 2.05) is 37.3 Å². The van der Waals surface area contributed by atoms with E-state index in [1.54, 1.807) is 6.07 Å². The van der Waals surface area contributed by atoms with Crippen LogP contribution in [0, 0.1) is 6.92 Å². The number of fused-ring (bicyclic) bond motifs is 1. The fraction of sp³-hybridized carbons (Fsp3) is 0.211. The maximum absolute atomic E-state index is 12.7. The van der Waals surface area contributed by atoms with E-state index >= 15 is 0 Å². The number of hydrogen-bond acceptors (Lipinski definition) is 4. The Balaban J connectivity index is 1.65. The Bertz CT molecular complexity index is 989. The van der Waals surface area contributed by atoms with Gasteiger partial charge in [0.2, 0.25) is 0 Å². The van der Waals surface area contributed by atoms with Crippen molar-refractivity contribution in [1.29, 1.82) is 0 Å². The molecule has 1 fully saturated rings. The number of halogens is 1. The second-order valence-electron chi connectivity index (χ2n) is 6.18. The Morgan fingerprint density at radius 1 is 1.32 bits per heavy atom. The zero-order valence-corrected chi connectivity index (χ0v) is 15.2. The van der Waals surface area contributed by atoms with E-state index in [4.69, 9.17) is 9.40 Å². The van der Waals surface area contributed by atoms with Crippen LogP contribution in [0.5, 0.6) is 0 Å². The van der Waals surface area contributed by atoms with Crippen molar-refractivity contribution in [3.05, 3.63) is 63.6 Å². The molecule has 1 aliphatic rings. The maximum atomic E-state index is 12.7. The largest absolute Gasteiger partial charge is 0.460 e. The first-order chi connectivity index (χ1) is 12.1. The molecule has 6 heteroatoms. The first kappa shape index (κ1) is 16.0. The Kier molecular flexibility index (Phi) is 4.13. The molecule has 25 heavy (non-hydrogen) atoms. The summed E-state index contributed by atoms with van der Waals surface area (Å²) in [4.78, 5) is 17.4. The number of carbonyl (C=O) groups excluding carboxylic acids is 1. The number of pyridine rings is 1. The van der Waals surface area contributed by atoms with Gasteiger partial charge in [-0.1, -0.05) is 15.9 Å². The highest BCUT2D eigenvalue weighted by Crippen LogP contribution is 2.40. The lowest BCUT2D eigenvalue weighted by atomic mass is 10.1. The lowest BCUT2D eigenvalue weighted by Crippen LogP contribution is -2.18. The molecule has 0 spiro atoms. The van der Waals surface area contributed by atoms with Crippen LogP contribution in [0.15, 0.2) is 50.4 Å². The molecule has 1 aliphatic carbocycles. The van der Waals surface area contributed by atoms with Crippen LogP contribution in [0.1, 0.15) is 46.3 Å². The molecule has 1 N–H and O–H groups in total. The zero-order chi connectivity index (χ0) is 17.4. The van der Waals surface area contributed by atoms with Gasteiger partial charge < -0.3 is 4.42 Å². The summed E-state index contributed by atoms with van der Waals surface area (Å²) < 4.78 is 6.31. The van der Waals surface area contributed by atoms with E-state index < -0.39 is 0 Å². The summed E-state index contributed by atoms with van der Waals surface area (Å²) in [7, 11) is 0. The summed E-state index contributed by atoms with van der Waals surface area (Å²) in [5.41, 5.74) is 4.97. The number of aromatic nitrogens is 1. The molecule has 1 aromatic carbocycles. The molecule has 126 valence electrons. The fourth-order valence-electron chi connectivity index (χ4n) is 2.73. The topological polar surface area (TPSA) is 67.5 Å². The number of furan rings is 1. The van der Waals surface area contributed by atoms with Crippen molar-refractivity contribution in [3.8, 4) is 0 Å². The van der Waals surface area contributed by atoms with Gasteiger partial charge in [-0.2, -0.15) is 5.10 Å². The van der Waals surface area contributed by atoms with Gasteiger partial charge in [0.05, 0.1) is 17.3 Å². The van der Waals surface area contributed by atoms with Gasteiger partial charge in [0.1, 0.15) is 11.5 Å². The minimum Gasteiger partial charge on any atom is -0.460 e. The molecule has 0 saturated heterocycles. The highest BCUT2D eigenvalue weighted by Gasteiger charge is 2.27. The number of nitrogens with zero attached hydrogens (tertiary/aromatic N) is 2. The molecular formula is C19H16BrN3O2. The third-order valence-electron chi connectivity index (χ3n) is 4.15. The quantitative estimate of drug-likeness (QED) is 0.518. The average Bonchev–Trinajstić information content (AvgIpc) is 3.36. The third kappa shape index (κ3) is 3.49. The average molecular weight is 398 g/mol. The zero-order valence-electron chi connectivity index (χ0n) is 13.6. The number of benzene rings is 1. The van der Waals surface area contributed by atoms with E-state index in [9.17, 15) is 4.79 Å². The molecule has 0 radical (unpaired) electrons. The summed E-state index contributed by atoms with van der Waals surface area (Å²) in [5, 5.41) is 4.81. The van der Waals surface area contributed by atoms with Crippen LogP contribution in [0.2, 0.25) is 0 Å². The molecule has 0 atom stereocenters. The van der Waals surface area contributed by atoms with Gasteiger partial charge in [0.15, 0.2) is 0 Å². The van der Waals surface area contributed by atoms with Crippen LogP contribution in [-0.4, -0.2) is 17.1 Å². The van der Waals surface area contributed by atoms with Crippen LogP contribution < -0.4 is 5.43 Å². The van der Waals surface area contributed by atoms with Gasteiger partial charge in [-0.25, -0.2) is 5.43 Å². The number of aryl methyl sites for hydroxylation is 1. The summed E-state index contributed by atoms with van der Waals surface area (Å²) in [6.45, 7) is 1.86. The highest BCUT2D eigenvalue weighted by molar-refractivity contribution is 9.10. The number of hydrogen-bond donors (Lipinski definition) is 1. The lowest BCUT2D eigenvalue weighted by molar-refractivity contribution is 0.0956. The van der Waals surface area contributed by atoms with E-state index in [1.165, 1.54) is 6.21 Å². The summed E-state index contributed by atoms with van der Waals surface area (Å²) in [6, 6.07) is 11.3. The van der Waals surface area contributed by atoms with Gasteiger partial charge in [0.25, 0.3) is 5.91 Å². The Labute approximate surface area is 153 Å². The standard InChI is InChI=1S/C19H16BrN3O2/c1-11-2-6-14(25-11)10-21-23-19(24)16-9-18(12-3-4-12)22-17-7-5-13(20)8-15(16)17/h2,5-10,12H,3-4H2,1H3,(H,23,24). The van der Waals surface area contributed by atoms with Gasteiger partial charge in [0, 0.05) is 21.5 Å². The van der Waals surface area contributed by atoms with E-state index in [0.717, 1.165) is 39.7 Å². The van der Waals surface area contributed by atoms with Crippen LogP contribution in [0.3, 0.4) is 0 Å². The van der Waals surface area contributed by atoms with Gasteiger partial charge in [-0.3, -0.25) is 9.78 Å². The number of hydrazone groups is 1. The minimum absolute atomic E-state index is 0.257. The van der Waals surface area contributed by atoms with Crippen molar-refractivity contribution in [3.63, 3.8) is 0 Å². The molecule has 4 rings (SSSR count). The Morgan fingerprint density at radius 2 is 2.16 bits per heavy atom. The van der Waals surface area contributed by atoms with Crippen molar-refractivity contribution in [2.75, 3.05) is 0 Å². The molecule has 3 aromatic rings. The third-order valence-corrected chi connectivity index (χ3v) is 4.64. The highest BCUT2D eigenvalue weighted by atomic mass is 79.9. The first-order valence-corrected chi connectivity index (χ1v) is 8.89. The second kappa shape index (κ2) is 6.44. The first-order valence-electron chi connectivity index (χ1n) is 8.10. The van der Waals surface area contributed by atoms with Crippen molar-refractivity contribution in [2.24, 2.45) is 5.10 Å². The van der Waals surface area contributed by atoms with Crippen molar-refractivity contribution >= 4 is 39.0 Å². The molecule has 0 aliphatic heterocycles. The molecule has 2 heterocycles. The molecule has 1 saturated carbocycles. The molecule has 2 aromatic heterocycles. The van der Waals surface area contributed by atoms with Gasteiger partial charge in [-0.05, 0) is 56.2 Å². The van der Waals surface area contributed by atoms with Crippen LogP contribution in [0.25, 0.3) is 10.9 Å². The van der Waals surface area contributed by atoms with E-state index in [2.05, 4.69) is 26.5 Å². The summed E-state index contributed by atoms with van der Waals surface area (Å²) in [5.74, 6) is 1.60. The van der Waals surface area contributed by atoms with Crippen molar-refractivity contribution in [1.82, 2.24) is 10.4 Å². The molecule has 1 amide bonds. The minimum atomic E-state index is -0.257. The molecule has 5 nitrogen and oxygen atoms in total.